The van der Waals surface area contributed by atoms with Crippen molar-refractivity contribution in [1.82, 2.24) is 14.9 Å². The normalized spacial score (nSPS) is 28.5. The number of imidazole rings is 1. The Kier molecular flexibility index (Phi) is 2.43. The summed E-state index contributed by atoms with van der Waals surface area (Å²) in [5.41, 5.74) is 2.40. The van der Waals surface area contributed by atoms with Crippen molar-refractivity contribution in [2.75, 3.05) is 13.1 Å². The Morgan fingerprint density at radius 3 is 3.12 bits per heavy atom. The highest BCUT2D eigenvalue weighted by Gasteiger charge is 2.37. The second kappa shape index (κ2) is 3.84. The maximum atomic E-state index is 11.0. The number of nitrogens with one attached hydrogen (secondary N) is 1. The number of aryl methyl sites for hydroxylation is 1. The SMILES string of the molecule is Cc1nc2c([nH]1)CCN1CC(C(=O)O)CCC21. The average molecular weight is 235 g/mol. The van der Waals surface area contributed by atoms with Gasteiger partial charge >= 0.3 is 5.97 Å². The van der Waals surface area contributed by atoms with Gasteiger partial charge in [-0.1, -0.05) is 0 Å². The highest BCUT2D eigenvalue weighted by molar-refractivity contribution is 5.70. The molecule has 92 valence electrons. The zero-order chi connectivity index (χ0) is 12.0. The van der Waals surface area contributed by atoms with E-state index in [2.05, 4.69) is 14.9 Å². The predicted molar refractivity (Wildman–Crippen MR) is 61.7 cm³/mol. The Balaban J connectivity index is 1.85. The molecule has 0 aliphatic carbocycles. The molecule has 5 heteroatoms. The van der Waals surface area contributed by atoms with E-state index in [4.69, 9.17) is 5.11 Å². The molecule has 2 unspecified atom stereocenters. The molecule has 17 heavy (non-hydrogen) atoms. The standard InChI is InChI=1S/C12H17N3O2/c1-7-13-9-4-5-15-6-8(12(16)17)2-3-10(15)11(9)14-7/h8,10H,2-6H2,1H3,(H,13,14)(H,16,17). The molecule has 1 aromatic heterocycles. The second-order valence-electron chi connectivity index (χ2n) is 5.06. The Labute approximate surface area is 99.8 Å². The second-order valence-corrected chi connectivity index (χ2v) is 5.06. The van der Waals surface area contributed by atoms with Crippen LogP contribution < -0.4 is 0 Å². The highest BCUT2D eigenvalue weighted by Crippen LogP contribution is 2.37. The molecule has 3 heterocycles. The van der Waals surface area contributed by atoms with Gasteiger partial charge in [0.15, 0.2) is 0 Å². The molecule has 1 saturated heterocycles. The van der Waals surface area contributed by atoms with Crippen LogP contribution >= 0.6 is 0 Å². The first-order valence-corrected chi connectivity index (χ1v) is 6.17. The number of aromatic amines is 1. The van der Waals surface area contributed by atoms with Gasteiger partial charge in [-0.05, 0) is 19.8 Å². The number of piperidine rings is 1. The quantitative estimate of drug-likeness (QED) is 0.765. The van der Waals surface area contributed by atoms with Gasteiger partial charge in [0.05, 0.1) is 17.7 Å². The van der Waals surface area contributed by atoms with Crippen LogP contribution in [0.5, 0.6) is 0 Å². The predicted octanol–water partition coefficient (Wildman–Crippen LogP) is 1.11. The summed E-state index contributed by atoms with van der Waals surface area (Å²) < 4.78 is 0. The Morgan fingerprint density at radius 1 is 1.53 bits per heavy atom. The highest BCUT2D eigenvalue weighted by atomic mass is 16.4. The van der Waals surface area contributed by atoms with Gasteiger partial charge < -0.3 is 10.1 Å². The van der Waals surface area contributed by atoms with Crippen molar-refractivity contribution >= 4 is 5.97 Å². The van der Waals surface area contributed by atoms with Crippen molar-refractivity contribution in [2.45, 2.75) is 32.2 Å². The first-order valence-electron chi connectivity index (χ1n) is 6.17. The maximum absolute atomic E-state index is 11.0. The molecule has 0 amide bonds. The summed E-state index contributed by atoms with van der Waals surface area (Å²) in [4.78, 5) is 21.2. The number of aliphatic carboxylic acids is 1. The number of hydrogen-bond donors (Lipinski definition) is 2. The molecule has 2 atom stereocenters. The van der Waals surface area contributed by atoms with E-state index in [9.17, 15) is 4.79 Å². The van der Waals surface area contributed by atoms with Crippen LogP contribution in [0.4, 0.5) is 0 Å². The topological polar surface area (TPSA) is 69.2 Å². The van der Waals surface area contributed by atoms with Crippen LogP contribution in [0.3, 0.4) is 0 Å². The van der Waals surface area contributed by atoms with Crippen molar-refractivity contribution < 1.29 is 9.90 Å². The van der Waals surface area contributed by atoms with Gasteiger partial charge in [-0.25, -0.2) is 4.98 Å². The van der Waals surface area contributed by atoms with Crippen molar-refractivity contribution in [3.8, 4) is 0 Å². The van der Waals surface area contributed by atoms with Crippen molar-refractivity contribution in [3.63, 3.8) is 0 Å². The Morgan fingerprint density at radius 2 is 2.35 bits per heavy atom. The van der Waals surface area contributed by atoms with Gasteiger partial charge in [0.2, 0.25) is 0 Å². The third-order valence-electron chi connectivity index (χ3n) is 3.93. The van der Waals surface area contributed by atoms with E-state index in [-0.39, 0.29) is 5.92 Å². The van der Waals surface area contributed by atoms with E-state index >= 15 is 0 Å². The molecule has 1 fully saturated rings. The summed E-state index contributed by atoms with van der Waals surface area (Å²) in [5.74, 6) is 0.109. The Bertz CT molecular complexity index is 455. The molecule has 0 aromatic carbocycles. The molecular formula is C12H17N3O2. The molecule has 3 rings (SSSR count). The number of rotatable bonds is 1. The lowest BCUT2D eigenvalue weighted by atomic mass is 9.88. The molecule has 0 radical (unpaired) electrons. The van der Waals surface area contributed by atoms with Crippen LogP contribution in [0.25, 0.3) is 0 Å². The van der Waals surface area contributed by atoms with Crippen molar-refractivity contribution in [3.05, 3.63) is 17.2 Å². The van der Waals surface area contributed by atoms with Gasteiger partial charge in [-0.2, -0.15) is 0 Å². The lowest BCUT2D eigenvalue weighted by Gasteiger charge is -2.40. The third-order valence-corrected chi connectivity index (χ3v) is 3.93. The van der Waals surface area contributed by atoms with E-state index in [1.54, 1.807) is 0 Å². The Hall–Kier alpha value is -1.36. The van der Waals surface area contributed by atoms with E-state index in [1.807, 2.05) is 6.92 Å². The van der Waals surface area contributed by atoms with Gasteiger partial charge in [0, 0.05) is 25.2 Å². The van der Waals surface area contributed by atoms with E-state index in [0.717, 1.165) is 37.3 Å². The molecule has 1 aromatic rings. The number of nitrogens with zero attached hydrogens (tertiary/aromatic N) is 2. The van der Waals surface area contributed by atoms with E-state index in [0.29, 0.717) is 12.6 Å². The number of carboxylic acid groups (broad SMARTS) is 1. The van der Waals surface area contributed by atoms with Crippen molar-refractivity contribution in [2.24, 2.45) is 5.92 Å². The zero-order valence-corrected chi connectivity index (χ0v) is 9.94. The third kappa shape index (κ3) is 1.74. The van der Waals surface area contributed by atoms with Gasteiger partial charge in [0.1, 0.15) is 5.82 Å². The number of aromatic nitrogens is 2. The maximum Gasteiger partial charge on any atom is 0.307 e. The molecule has 2 aliphatic rings. The zero-order valence-electron chi connectivity index (χ0n) is 9.94. The minimum absolute atomic E-state index is 0.201. The fraction of sp³-hybridized carbons (Fsp3) is 0.667. The van der Waals surface area contributed by atoms with E-state index < -0.39 is 5.97 Å². The monoisotopic (exact) mass is 235 g/mol. The molecule has 0 spiro atoms. The first-order chi connectivity index (χ1) is 8.15. The number of H-pyrrole nitrogens is 1. The van der Waals surface area contributed by atoms with Gasteiger partial charge in [0.25, 0.3) is 0 Å². The van der Waals surface area contributed by atoms with Crippen LogP contribution in [0.2, 0.25) is 0 Å². The number of hydrogen-bond acceptors (Lipinski definition) is 3. The number of carboxylic acids is 1. The lowest BCUT2D eigenvalue weighted by Crippen LogP contribution is -2.44. The van der Waals surface area contributed by atoms with Gasteiger partial charge in [-0.15, -0.1) is 0 Å². The van der Waals surface area contributed by atoms with Crippen LogP contribution in [0.1, 0.15) is 36.1 Å². The van der Waals surface area contributed by atoms with Crippen LogP contribution in [0.15, 0.2) is 0 Å². The summed E-state index contributed by atoms with van der Waals surface area (Å²) in [7, 11) is 0. The summed E-state index contributed by atoms with van der Waals surface area (Å²) in [6, 6.07) is 0.333. The van der Waals surface area contributed by atoms with Crippen LogP contribution in [-0.4, -0.2) is 39.0 Å². The van der Waals surface area contributed by atoms with Crippen LogP contribution in [0, 0.1) is 12.8 Å². The van der Waals surface area contributed by atoms with Gasteiger partial charge in [-0.3, -0.25) is 9.69 Å². The average Bonchev–Trinajstić information content (AvgIpc) is 2.69. The fourth-order valence-corrected chi connectivity index (χ4v) is 3.08. The lowest BCUT2D eigenvalue weighted by molar-refractivity contribution is -0.144. The smallest absolute Gasteiger partial charge is 0.307 e. The summed E-state index contributed by atoms with van der Waals surface area (Å²) in [6.07, 6.45) is 2.63. The molecule has 5 nitrogen and oxygen atoms in total. The molecular weight excluding hydrogens is 218 g/mol. The molecule has 2 N–H and O–H groups in total. The summed E-state index contributed by atoms with van der Waals surface area (Å²) >= 11 is 0. The molecule has 0 bridgehead atoms. The number of carbonyl (C=O) groups is 1. The van der Waals surface area contributed by atoms with Crippen molar-refractivity contribution in [1.29, 1.82) is 0 Å². The summed E-state index contributed by atoms with van der Waals surface area (Å²) in [6.45, 7) is 3.60. The number of fused-ring (bicyclic) bond motifs is 3. The fourth-order valence-electron chi connectivity index (χ4n) is 3.08. The molecule has 2 aliphatic heterocycles. The molecule has 0 saturated carbocycles. The minimum Gasteiger partial charge on any atom is -0.481 e. The summed E-state index contributed by atoms with van der Waals surface area (Å²) in [5, 5.41) is 9.08. The van der Waals surface area contributed by atoms with Crippen LogP contribution in [-0.2, 0) is 11.2 Å². The minimum atomic E-state index is -0.660. The van der Waals surface area contributed by atoms with E-state index in [1.165, 1.54) is 5.69 Å². The first kappa shape index (κ1) is 10.8. The largest absolute Gasteiger partial charge is 0.481 e.